The zero-order chi connectivity index (χ0) is 10.3. The second-order valence-electron chi connectivity index (χ2n) is 4.03. The molecule has 1 aromatic rings. The highest BCUT2D eigenvalue weighted by atomic mass is 16.4. The van der Waals surface area contributed by atoms with E-state index in [0.717, 1.165) is 5.56 Å². The van der Waals surface area contributed by atoms with Crippen LogP contribution in [0.25, 0.3) is 0 Å². The van der Waals surface area contributed by atoms with E-state index in [1.54, 1.807) is 18.2 Å². The number of phenols is 1. The molecular formula is C11H12O3. The Kier molecular flexibility index (Phi) is 1.77. The number of hydrogen-bond donors (Lipinski definition) is 2. The molecule has 1 aliphatic carbocycles. The van der Waals surface area contributed by atoms with E-state index < -0.39 is 5.97 Å². The van der Waals surface area contributed by atoms with Gasteiger partial charge in [0.2, 0.25) is 0 Å². The Hall–Kier alpha value is -1.51. The Balaban J connectivity index is 2.34. The summed E-state index contributed by atoms with van der Waals surface area (Å²) in [6.45, 7) is 1.88. The maximum Gasteiger partial charge on any atom is 0.307 e. The van der Waals surface area contributed by atoms with Crippen LogP contribution in [0.5, 0.6) is 5.75 Å². The third-order valence-electron chi connectivity index (χ3n) is 3.05. The summed E-state index contributed by atoms with van der Waals surface area (Å²) in [5.41, 5.74) is 0.365. The number of aliphatic carboxylic acids is 1. The minimum atomic E-state index is -0.782. The molecule has 3 nitrogen and oxygen atoms in total. The standard InChI is InChI=1S/C11H12O3/c1-11(6-8(11)10(13)14)7-4-2-3-5-9(7)12/h2-5,8,12H,6H2,1H3,(H,13,14)/t8-,11?/m0/s1. The third-order valence-corrected chi connectivity index (χ3v) is 3.05. The second-order valence-corrected chi connectivity index (χ2v) is 4.03. The highest BCUT2D eigenvalue weighted by Crippen LogP contribution is 2.56. The molecule has 1 saturated carbocycles. The van der Waals surface area contributed by atoms with Crippen LogP contribution in [0.1, 0.15) is 18.9 Å². The lowest BCUT2D eigenvalue weighted by Gasteiger charge is -2.11. The van der Waals surface area contributed by atoms with E-state index in [4.69, 9.17) is 5.11 Å². The monoisotopic (exact) mass is 192 g/mol. The van der Waals surface area contributed by atoms with Gasteiger partial charge in [-0.3, -0.25) is 4.79 Å². The van der Waals surface area contributed by atoms with Gasteiger partial charge in [-0.25, -0.2) is 0 Å². The molecule has 0 bridgehead atoms. The fourth-order valence-corrected chi connectivity index (χ4v) is 1.98. The van der Waals surface area contributed by atoms with Crippen LogP contribution in [0.4, 0.5) is 0 Å². The molecule has 0 spiro atoms. The first-order chi connectivity index (χ1) is 6.55. The van der Waals surface area contributed by atoms with Crippen LogP contribution in [0.3, 0.4) is 0 Å². The molecule has 1 unspecified atom stereocenters. The summed E-state index contributed by atoms with van der Waals surface area (Å²) in [5.74, 6) is -0.940. The van der Waals surface area contributed by atoms with E-state index in [1.165, 1.54) is 0 Å². The van der Waals surface area contributed by atoms with E-state index in [-0.39, 0.29) is 17.1 Å². The minimum absolute atomic E-state index is 0.193. The van der Waals surface area contributed by atoms with Gasteiger partial charge in [-0.2, -0.15) is 0 Å². The van der Waals surface area contributed by atoms with Gasteiger partial charge in [0.1, 0.15) is 5.75 Å². The van der Waals surface area contributed by atoms with Gasteiger partial charge >= 0.3 is 5.97 Å². The summed E-state index contributed by atoms with van der Waals surface area (Å²) >= 11 is 0. The Morgan fingerprint density at radius 3 is 2.64 bits per heavy atom. The van der Waals surface area contributed by atoms with Gasteiger partial charge in [0.15, 0.2) is 0 Å². The Morgan fingerprint density at radius 2 is 2.14 bits per heavy atom. The minimum Gasteiger partial charge on any atom is -0.508 e. The van der Waals surface area contributed by atoms with Crippen LogP contribution in [-0.2, 0) is 10.2 Å². The lowest BCUT2D eigenvalue weighted by molar-refractivity contribution is -0.138. The molecule has 0 amide bonds. The smallest absolute Gasteiger partial charge is 0.307 e. The molecular weight excluding hydrogens is 180 g/mol. The number of phenolic OH excluding ortho intramolecular Hbond substituents is 1. The molecule has 0 radical (unpaired) electrons. The van der Waals surface area contributed by atoms with Crippen molar-refractivity contribution in [1.29, 1.82) is 0 Å². The number of rotatable bonds is 2. The summed E-state index contributed by atoms with van der Waals surface area (Å²) in [4.78, 5) is 10.8. The highest BCUT2D eigenvalue weighted by molar-refractivity contribution is 5.77. The summed E-state index contributed by atoms with van der Waals surface area (Å²) in [5, 5.41) is 18.5. The number of para-hydroxylation sites is 1. The molecule has 2 atom stereocenters. The molecule has 2 rings (SSSR count). The SMILES string of the molecule is CC1(c2ccccc2O)C[C@H]1C(=O)O. The first kappa shape index (κ1) is 9.06. The fourth-order valence-electron chi connectivity index (χ4n) is 1.98. The van der Waals surface area contributed by atoms with Crippen molar-refractivity contribution in [3.05, 3.63) is 29.8 Å². The Bertz CT molecular complexity index is 386. The zero-order valence-electron chi connectivity index (χ0n) is 7.90. The maximum absolute atomic E-state index is 10.8. The van der Waals surface area contributed by atoms with Crippen LogP contribution < -0.4 is 0 Å². The van der Waals surface area contributed by atoms with E-state index >= 15 is 0 Å². The largest absolute Gasteiger partial charge is 0.508 e. The zero-order valence-corrected chi connectivity index (χ0v) is 7.90. The van der Waals surface area contributed by atoms with E-state index in [1.807, 2.05) is 13.0 Å². The van der Waals surface area contributed by atoms with Crippen LogP contribution in [0.2, 0.25) is 0 Å². The molecule has 1 aromatic carbocycles. The number of carbonyl (C=O) groups is 1. The topological polar surface area (TPSA) is 57.5 Å². The van der Waals surface area contributed by atoms with Crippen LogP contribution >= 0.6 is 0 Å². The fraction of sp³-hybridized carbons (Fsp3) is 0.364. The maximum atomic E-state index is 10.8. The Labute approximate surface area is 82.0 Å². The quantitative estimate of drug-likeness (QED) is 0.750. The second kappa shape index (κ2) is 2.74. The van der Waals surface area contributed by atoms with E-state index in [0.29, 0.717) is 6.42 Å². The van der Waals surface area contributed by atoms with Gasteiger partial charge < -0.3 is 10.2 Å². The Morgan fingerprint density at radius 1 is 1.50 bits per heavy atom. The number of carboxylic acid groups (broad SMARTS) is 1. The molecule has 74 valence electrons. The van der Waals surface area contributed by atoms with Crippen LogP contribution in [-0.4, -0.2) is 16.2 Å². The molecule has 2 N–H and O–H groups in total. The normalized spacial score (nSPS) is 29.9. The van der Waals surface area contributed by atoms with Crippen molar-refractivity contribution in [2.75, 3.05) is 0 Å². The molecule has 0 aliphatic heterocycles. The average molecular weight is 192 g/mol. The summed E-state index contributed by atoms with van der Waals surface area (Å²) < 4.78 is 0. The molecule has 1 aliphatic rings. The molecule has 1 fully saturated rings. The lowest BCUT2D eigenvalue weighted by atomic mass is 9.94. The van der Waals surface area contributed by atoms with Crippen molar-refractivity contribution in [2.45, 2.75) is 18.8 Å². The van der Waals surface area contributed by atoms with Crippen molar-refractivity contribution in [2.24, 2.45) is 5.92 Å². The number of hydrogen-bond acceptors (Lipinski definition) is 2. The van der Waals surface area contributed by atoms with Crippen LogP contribution in [0, 0.1) is 5.92 Å². The number of carboxylic acids is 1. The van der Waals surface area contributed by atoms with E-state index in [2.05, 4.69) is 0 Å². The molecule has 0 heterocycles. The lowest BCUT2D eigenvalue weighted by Crippen LogP contribution is -2.11. The summed E-state index contributed by atoms with van der Waals surface area (Å²) in [7, 11) is 0. The third kappa shape index (κ3) is 1.16. The summed E-state index contributed by atoms with van der Waals surface area (Å²) in [6.07, 6.45) is 0.611. The summed E-state index contributed by atoms with van der Waals surface area (Å²) in [6, 6.07) is 6.94. The van der Waals surface area contributed by atoms with Gasteiger partial charge in [-0.05, 0) is 12.5 Å². The van der Waals surface area contributed by atoms with Gasteiger partial charge in [-0.15, -0.1) is 0 Å². The van der Waals surface area contributed by atoms with Gasteiger partial charge in [-0.1, -0.05) is 25.1 Å². The number of benzene rings is 1. The van der Waals surface area contributed by atoms with Gasteiger partial charge in [0.25, 0.3) is 0 Å². The van der Waals surface area contributed by atoms with Crippen molar-refractivity contribution in [3.8, 4) is 5.75 Å². The van der Waals surface area contributed by atoms with Crippen molar-refractivity contribution >= 4 is 5.97 Å². The molecule has 0 aromatic heterocycles. The van der Waals surface area contributed by atoms with Crippen molar-refractivity contribution in [1.82, 2.24) is 0 Å². The van der Waals surface area contributed by atoms with Crippen molar-refractivity contribution in [3.63, 3.8) is 0 Å². The van der Waals surface area contributed by atoms with Crippen molar-refractivity contribution < 1.29 is 15.0 Å². The van der Waals surface area contributed by atoms with Gasteiger partial charge in [0.05, 0.1) is 5.92 Å². The molecule has 3 heteroatoms. The van der Waals surface area contributed by atoms with E-state index in [9.17, 15) is 9.90 Å². The number of aromatic hydroxyl groups is 1. The molecule has 0 saturated heterocycles. The first-order valence-corrected chi connectivity index (χ1v) is 4.57. The predicted molar refractivity (Wildman–Crippen MR) is 51.2 cm³/mol. The van der Waals surface area contributed by atoms with Crippen LogP contribution in [0.15, 0.2) is 24.3 Å². The predicted octanol–water partition coefficient (Wildman–Crippen LogP) is 1.75. The average Bonchev–Trinajstić information content (AvgIpc) is 2.80. The highest BCUT2D eigenvalue weighted by Gasteiger charge is 2.56. The van der Waals surface area contributed by atoms with Gasteiger partial charge in [0, 0.05) is 11.0 Å². The molecule has 14 heavy (non-hydrogen) atoms. The first-order valence-electron chi connectivity index (χ1n) is 4.57.